The van der Waals surface area contributed by atoms with E-state index in [0.717, 1.165) is 0 Å². The lowest BCUT2D eigenvalue weighted by Crippen LogP contribution is -2.38. The van der Waals surface area contributed by atoms with Crippen LogP contribution in [0.4, 0.5) is 11.4 Å². The lowest BCUT2D eigenvalue weighted by molar-refractivity contribution is 0.437. The van der Waals surface area contributed by atoms with Crippen molar-refractivity contribution in [3.8, 4) is 11.1 Å². The summed E-state index contributed by atoms with van der Waals surface area (Å²) >= 11 is 0. The van der Waals surface area contributed by atoms with Gasteiger partial charge >= 0.3 is 0 Å². The maximum atomic E-state index is 2.57. The second-order valence-corrected chi connectivity index (χ2v) is 14.1. The number of hydrogen-bond acceptors (Lipinski definition) is 1. The van der Waals surface area contributed by atoms with Crippen molar-refractivity contribution in [1.29, 1.82) is 0 Å². The summed E-state index contributed by atoms with van der Waals surface area (Å²) in [4.78, 5) is 2.48. The second kappa shape index (κ2) is 10.9. The monoisotopic (exact) mass is 564 g/mol. The molecule has 0 fully saturated rings. The molecule has 0 saturated heterocycles. The number of benzene rings is 3. The van der Waals surface area contributed by atoms with E-state index in [9.17, 15) is 0 Å². The van der Waals surface area contributed by atoms with Gasteiger partial charge in [0.25, 0.3) is 0 Å². The Balaban J connectivity index is 1.64. The summed E-state index contributed by atoms with van der Waals surface area (Å²) in [5.41, 5.74) is 19.3. The Morgan fingerprint density at radius 2 is 1.40 bits per heavy atom. The Labute approximate surface area is 261 Å². The highest BCUT2D eigenvalue weighted by atomic mass is 15.2. The first-order valence-electron chi connectivity index (χ1n) is 16.2. The van der Waals surface area contributed by atoms with E-state index in [-0.39, 0.29) is 10.8 Å². The first-order chi connectivity index (χ1) is 20.5. The molecule has 3 aliphatic rings. The van der Waals surface area contributed by atoms with Crippen LogP contribution in [-0.4, -0.2) is 7.28 Å². The minimum Gasteiger partial charge on any atom is -0.310 e. The molecule has 1 nitrogen and oxygen atoms in total. The highest BCUT2D eigenvalue weighted by Crippen LogP contribution is 2.55. The molecule has 43 heavy (non-hydrogen) atoms. The van der Waals surface area contributed by atoms with Gasteiger partial charge in [0.05, 0.1) is 5.69 Å². The van der Waals surface area contributed by atoms with Crippen molar-refractivity contribution in [2.45, 2.75) is 98.7 Å². The van der Waals surface area contributed by atoms with Crippen molar-refractivity contribution < 1.29 is 0 Å². The van der Waals surface area contributed by atoms with Crippen LogP contribution in [0.15, 0.2) is 89.1 Å². The first kappa shape index (κ1) is 29.6. The Hall–Kier alpha value is -3.52. The minimum absolute atomic E-state index is 0.0387. The summed E-state index contributed by atoms with van der Waals surface area (Å²) in [6, 6.07) is 18.7. The number of allylic oxidation sites excluding steroid dienone is 5. The van der Waals surface area contributed by atoms with Gasteiger partial charge in [-0.1, -0.05) is 100 Å². The molecule has 0 spiro atoms. The summed E-state index contributed by atoms with van der Waals surface area (Å²) in [5.74, 6) is 2.26. The molecule has 0 N–H and O–H groups in total. The summed E-state index contributed by atoms with van der Waals surface area (Å²) in [5, 5.41) is 0. The summed E-state index contributed by atoms with van der Waals surface area (Å²) in [6.45, 7) is 21.0. The van der Waals surface area contributed by atoms with Crippen molar-refractivity contribution >= 4 is 24.7 Å². The molecule has 6 rings (SSSR count). The molecule has 3 aromatic carbocycles. The maximum absolute atomic E-state index is 2.57. The van der Waals surface area contributed by atoms with Gasteiger partial charge in [-0.25, -0.2) is 0 Å². The van der Waals surface area contributed by atoms with Gasteiger partial charge in [-0.15, -0.1) is 0 Å². The van der Waals surface area contributed by atoms with Crippen LogP contribution in [0, 0.1) is 20.8 Å². The van der Waals surface area contributed by atoms with Crippen LogP contribution in [0.25, 0.3) is 17.2 Å². The van der Waals surface area contributed by atoms with Crippen LogP contribution in [0.3, 0.4) is 0 Å². The standard InChI is InChI=1S/C41H47BN/c1-26-21-32(31-24-36-35(23-29(31)4)40(5,6)33-18-11-12-19-34(33)41(36,7)8)30-17-14-16-28(3)39(25-42-9)43(38(30)22-26)37-20-13-10-15-27(37)2/h10,13-17,20-25H,11-12,18-19H2,1-9H3/b17-14-,28-16-,39-25?. The van der Waals surface area contributed by atoms with E-state index >= 15 is 0 Å². The third-order valence-corrected chi connectivity index (χ3v) is 10.5. The van der Waals surface area contributed by atoms with Gasteiger partial charge in [0.15, 0.2) is 0 Å². The van der Waals surface area contributed by atoms with Gasteiger partial charge in [-0.2, -0.15) is 0 Å². The van der Waals surface area contributed by atoms with Crippen molar-refractivity contribution in [3.63, 3.8) is 0 Å². The molecule has 219 valence electrons. The molecule has 0 aromatic heterocycles. The van der Waals surface area contributed by atoms with Crippen LogP contribution in [0.1, 0.15) is 93.7 Å². The molecule has 0 saturated carbocycles. The zero-order valence-corrected chi connectivity index (χ0v) is 27.8. The molecule has 0 amide bonds. The van der Waals surface area contributed by atoms with Crippen LogP contribution >= 0.6 is 0 Å². The number of nitrogens with zero attached hydrogens (tertiary/aromatic N) is 1. The number of hydrogen-bond donors (Lipinski definition) is 0. The average molecular weight is 565 g/mol. The van der Waals surface area contributed by atoms with E-state index < -0.39 is 0 Å². The van der Waals surface area contributed by atoms with E-state index in [1.54, 1.807) is 11.1 Å². The highest BCUT2D eigenvalue weighted by Gasteiger charge is 2.44. The Kier molecular flexibility index (Phi) is 7.48. The average Bonchev–Trinajstić information content (AvgIpc) is 2.97. The van der Waals surface area contributed by atoms with Crippen LogP contribution < -0.4 is 4.90 Å². The summed E-state index contributed by atoms with van der Waals surface area (Å²) < 4.78 is 0. The van der Waals surface area contributed by atoms with Gasteiger partial charge < -0.3 is 4.90 Å². The van der Waals surface area contributed by atoms with Crippen molar-refractivity contribution in [2.75, 3.05) is 4.90 Å². The summed E-state index contributed by atoms with van der Waals surface area (Å²) in [6.07, 6.45) is 12.0. The lowest BCUT2D eigenvalue weighted by atomic mass is 9.56. The fraction of sp³-hybridized carbons (Fsp3) is 0.366. The third kappa shape index (κ3) is 4.78. The van der Waals surface area contributed by atoms with Gasteiger partial charge in [-0.05, 0) is 116 Å². The molecule has 0 bridgehead atoms. The number of anilines is 2. The molecule has 2 heteroatoms. The fourth-order valence-electron chi connectivity index (χ4n) is 8.12. The number of rotatable bonds is 3. The molecule has 1 heterocycles. The van der Waals surface area contributed by atoms with Crippen LogP contribution in [-0.2, 0) is 10.8 Å². The van der Waals surface area contributed by atoms with E-state index in [2.05, 4.69) is 147 Å². The predicted molar refractivity (Wildman–Crippen MR) is 189 cm³/mol. The van der Waals surface area contributed by atoms with Gasteiger partial charge in [-0.3, -0.25) is 0 Å². The van der Waals surface area contributed by atoms with Crippen molar-refractivity contribution in [1.82, 2.24) is 0 Å². The lowest BCUT2D eigenvalue weighted by Gasteiger charge is -2.48. The van der Waals surface area contributed by atoms with E-state index in [1.807, 2.05) is 0 Å². The number of para-hydroxylation sites is 1. The number of aryl methyl sites for hydroxylation is 3. The van der Waals surface area contributed by atoms with Crippen LogP contribution in [0.2, 0.25) is 6.82 Å². The largest absolute Gasteiger partial charge is 0.310 e. The summed E-state index contributed by atoms with van der Waals surface area (Å²) in [7, 11) is 2.16. The maximum Gasteiger partial charge on any atom is 0.140 e. The topological polar surface area (TPSA) is 3.24 Å². The molecule has 0 atom stereocenters. The zero-order chi connectivity index (χ0) is 30.7. The Morgan fingerprint density at radius 3 is 2.05 bits per heavy atom. The van der Waals surface area contributed by atoms with E-state index in [4.69, 9.17) is 0 Å². The minimum atomic E-state index is 0.0387. The second-order valence-electron chi connectivity index (χ2n) is 14.1. The van der Waals surface area contributed by atoms with Crippen LogP contribution in [0.5, 0.6) is 0 Å². The number of fused-ring (bicyclic) bond motifs is 2. The molecule has 2 aliphatic carbocycles. The molecule has 1 aliphatic heterocycles. The molecular weight excluding hydrogens is 517 g/mol. The third-order valence-electron chi connectivity index (χ3n) is 10.5. The van der Waals surface area contributed by atoms with Gasteiger partial charge in [0.1, 0.15) is 7.28 Å². The van der Waals surface area contributed by atoms with Gasteiger partial charge in [0.2, 0.25) is 0 Å². The highest BCUT2D eigenvalue weighted by molar-refractivity contribution is 6.40. The molecule has 0 unspecified atom stereocenters. The van der Waals surface area contributed by atoms with Crippen molar-refractivity contribution in [2.24, 2.45) is 0 Å². The fourth-order valence-corrected chi connectivity index (χ4v) is 8.12. The van der Waals surface area contributed by atoms with E-state index in [1.165, 1.54) is 92.8 Å². The molecule has 1 radical (unpaired) electrons. The Bertz CT molecular complexity index is 1740. The smallest absolute Gasteiger partial charge is 0.140 e. The van der Waals surface area contributed by atoms with Crippen molar-refractivity contribution in [3.05, 3.63) is 122 Å². The van der Waals surface area contributed by atoms with E-state index in [0.29, 0.717) is 0 Å². The first-order valence-corrected chi connectivity index (χ1v) is 16.2. The molecular formula is C41H47BN. The molecule has 3 aromatic rings. The van der Waals surface area contributed by atoms with Gasteiger partial charge in [0, 0.05) is 27.8 Å². The Morgan fingerprint density at radius 1 is 0.744 bits per heavy atom. The predicted octanol–water partition coefficient (Wildman–Crippen LogP) is 11.4. The SMILES string of the molecule is C[B]C=C1/C(C)=C\C=C/c2c(-c3cc4c(cc3C)C(C)(C)C3=C(CCCC3)C4(C)C)cc(C)cc2N1c1ccccc1C. The normalized spacial score (nSPS) is 21.7. The quantitative estimate of drug-likeness (QED) is 0.226. The zero-order valence-electron chi connectivity index (χ0n) is 27.8.